The number of thioether (sulfide) groups is 1. The van der Waals surface area contributed by atoms with Crippen LogP contribution < -0.4 is 5.32 Å². The number of aromatic hydroxyl groups is 1. The number of benzene rings is 1. The van der Waals surface area contributed by atoms with Crippen molar-refractivity contribution in [3.8, 4) is 5.75 Å². The topological polar surface area (TPSA) is 75.6 Å². The normalized spacial score (nSPS) is 21.0. The highest BCUT2D eigenvalue weighted by atomic mass is 32.2. The van der Waals surface area contributed by atoms with Gasteiger partial charge >= 0.3 is 5.97 Å². The van der Waals surface area contributed by atoms with Crippen molar-refractivity contribution in [2.24, 2.45) is 5.41 Å². The first-order chi connectivity index (χ1) is 13.7. The number of rotatable bonds is 6. The molecule has 1 atom stereocenters. The summed E-state index contributed by atoms with van der Waals surface area (Å²) in [4.78, 5) is 26.2. The number of ketones is 1. The summed E-state index contributed by atoms with van der Waals surface area (Å²) in [7, 11) is 0. The largest absolute Gasteiger partial charge is 0.508 e. The van der Waals surface area contributed by atoms with Gasteiger partial charge in [0, 0.05) is 35.1 Å². The van der Waals surface area contributed by atoms with Crippen LogP contribution in [0.2, 0.25) is 0 Å². The van der Waals surface area contributed by atoms with Crippen LogP contribution in [0.15, 0.2) is 46.8 Å². The van der Waals surface area contributed by atoms with E-state index in [0.717, 1.165) is 34.9 Å². The third-order valence-electron chi connectivity index (χ3n) is 5.35. The van der Waals surface area contributed by atoms with Crippen molar-refractivity contribution >= 4 is 23.5 Å². The van der Waals surface area contributed by atoms with Gasteiger partial charge in [-0.25, -0.2) is 4.79 Å². The second-order valence-corrected chi connectivity index (χ2v) is 9.75. The van der Waals surface area contributed by atoms with Crippen molar-refractivity contribution in [3.05, 3.63) is 52.4 Å². The zero-order chi connectivity index (χ0) is 21.2. The number of phenolic OH excluding ortho intramolecular Hbond substituents is 1. The number of ether oxygens (including phenoxy) is 1. The summed E-state index contributed by atoms with van der Waals surface area (Å²) >= 11 is 1.71. The first kappa shape index (κ1) is 21.5. The minimum atomic E-state index is -0.484. The van der Waals surface area contributed by atoms with Crippen LogP contribution in [-0.2, 0) is 14.3 Å². The summed E-state index contributed by atoms with van der Waals surface area (Å²) in [5.74, 6) is 1.04. The van der Waals surface area contributed by atoms with Gasteiger partial charge in [0.25, 0.3) is 0 Å². The van der Waals surface area contributed by atoms with Gasteiger partial charge < -0.3 is 15.2 Å². The molecule has 0 radical (unpaired) electrons. The Morgan fingerprint density at radius 2 is 1.97 bits per heavy atom. The number of allylic oxidation sites excluding steroid dienone is 3. The maximum Gasteiger partial charge on any atom is 0.336 e. The van der Waals surface area contributed by atoms with E-state index >= 15 is 0 Å². The van der Waals surface area contributed by atoms with E-state index in [9.17, 15) is 14.7 Å². The van der Waals surface area contributed by atoms with Crippen molar-refractivity contribution in [3.63, 3.8) is 0 Å². The van der Waals surface area contributed by atoms with Gasteiger partial charge in [0.15, 0.2) is 5.78 Å². The van der Waals surface area contributed by atoms with Crippen molar-refractivity contribution < 1.29 is 19.4 Å². The molecule has 1 aliphatic heterocycles. The summed E-state index contributed by atoms with van der Waals surface area (Å²) in [6.45, 7) is 8.43. The Hall–Kier alpha value is -2.21. The first-order valence-electron chi connectivity index (χ1n) is 10.0. The van der Waals surface area contributed by atoms with Gasteiger partial charge in [-0.1, -0.05) is 32.9 Å². The summed E-state index contributed by atoms with van der Waals surface area (Å²) in [6.07, 6.45) is 1.19. The molecule has 0 spiro atoms. The van der Waals surface area contributed by atoms with Crippen LogP contribution in [0, 0.1) is 5.41 Å². The number of nitrogens with one attached hydrogen (secondary N) is 1. The van der Waals surface area contributed by atoms with Crippen LogP contribution in [0.4, 0.5) is 0 Å². The molecule has 0 amide bonds. The fraction of sp³-hybridized carbons (Fsp3) is 0.478. The molecule has 156 valence electrons. The van der Waals surface area contributed by atoms with Gasteiger partial charge in [-0.2, -0.15) is 11.8 Å². The molecule has 0 fully saturated rings. The lowest BCUT2D eigenvalue weighted by Gasteiger charge is -2.39. The third kappa shape index (κ3) is 4.69. The molecule has 5 nitrogen and oxygen atoms in total. The Kier molecular flexibility index (Phi) is 6.42. The second-order valence-electron chi connectivity index (χ2n) is 8.35. The monoisotopic (exact) mass is 415 g/mol. The molecule has 0 aromatic heterocycles. The predicted molar refractivity (Wildman–Crippen MR) is 116 cm³/mol. The van der Waals surface area contributed by atoms with Gasteiger partial charge in [-0.3, -0.25) is 4.79 Å². The average molecular weight is 416 g/mol. The van der Waals surface area contributed by atoms with E-state index in [1.54, 1.807) is 36.0 Å². The lowest BCUT2D eigenvalue weighted by molar-refractivity contribution is -0.138. The quantitative estimate of drug-likeness (QED) is 0.533. The number of hydrogen-bond acceptors (Lipinski definition) is 6. The zero-order valence-corrected chi connectivity index (χ0v) is 18.3. The molecule has 1 heterocycles. The fourth-order valence-corrected chi connectivity index (χ4v) is 4.61. The highest BCUT2D eigenvalue weighted by Crippen LogP contribution is 2.46. The van der Waals surface area contributed by atoms with Gasteiger partial charge in [0.1, 0.15) is 12.4 Å². The molecule has 3 rings (SSSR count). The van der Waals surface area contributed by atoms with Gasteiger partial charge in [-0.05, 0) is 42.2 Å². The Morgan fingerprint density at radius 3 is 2.62 bits per heavy atom. The van der Waals surface area contributed by atoms with E-state index < -0.39 is 11.9 Å². The molecule has 1 aromatic carbocycles. The maximum atomic E-state index is 13.1. The predicted octanol–water partition coefficient (Wildman–Crippen LogP) is 4.29. The van der Waals surface area contributed by atoms with Crippen LogP contribution in [0.1, 0.15) is 52.0 Å². The maximum absolute atomic E-state index is 13.1. The number of carbonyl (C=O) groups is 2. The summed E-state index contributed by atoms with van der Waals surface area (Å²) in [5.41, 5.74) is 3.41. The summed E-state index contributed by atoms with van der Waals surface area (Å²) in [6, 6.07) is 6.73. The lowest BCUT2D eigenvalue weighted by atomic mass is 9.68. The van der Waals surface area contributed by atoms with Crippen LogP contribution in [0.3, 0.4) is 0 Å². The zero-order valence-electron chi connectivity index (χ0n) is 17.5. The minimum Gasteiger partial charge on any atom is -0.508 e. The van der Waals surface area contributed by atoms with E-state index in [1.165, 1.54) is 0 Å². The highest BCUT2D eigenvalue weighted by molar-refractivity contribution is 7.99. The van der Waals surface area contributed by atoms with Crippen LogP contribution >= 0.6 is 11.8 Å². The van der Waals surface area contributed by atoms with E-state index in [-0.39, 0.29) is 16.9 Å². The number of dihydropyridines is 1. The van der Waals surface area contributed by atoms with Crippen molar-refractivity contribution in [2.45, 2.75) is 46.5 Å². The van der Waals surface area contributed by atoms with Crippen LogP contribution in [-0.4, -0.2) is 35.0 Å². The Bertz CT molecular complexity index is 867. The Balaban J connectivity index is 2.01. The Labute approximate surface area is 176 Å². The molecule has 0 saturated carbocycles. The molecule has 2 N–H and O–H groups in total. The molecule has 29 heavy (non-hydrogen) atoms. The number of phenols is 1. The van der Waals surface area contributed by atoms with E-state index in [2.05, 4.69) is 26.1 Å². The fourth-order valence-electron chi connectivity index (χ4n) is 4.12. The molecule has 1 aliphatic carbocycles. The first-order valence-corrected chi connectivity index (χ1v) is 11.2. The standard InChI is InChI=1S/C23H29NO4S/c1-5-29-11-10-28-22(27)19-14(2)24-17-12-23(3,4)13-18(26)21(17)20(19)15-6-8-16(25)9-7-15/h6-9,20,24-25H,5,10-13H2,1-4H3. The summed E-state index contributed by atoms with van der Waals surface area (Å²) < 4.78 is 5.54. The lowest BCUT2D eigenvalue weighted by Crippen LogP contribution is -2.38. The smallest absolute Gasteiger partial charge is 0.336 e. The number of esters is 1. The molecule has 1 unspecified atom stereocenters. The number of carbonyl (C=O) groups excluding carboxylic acids is 2. The minimum absolute atomic E-state index is 0.0566. The molecule has 6 heteroatoms. The number of hydrogen-bond donors (Lipinski definition) is 2. The average Bonchev–Trinajstić information content (AvgIpc) is 2.63. The third-order valence-corrected chi connectivity index (χ3v) is 6.21. The van der Waals surface area contributed by atoms with Crippen LogP contribution in [0.25, 0.3) is 0 Å². The molecule has 2 aliphatic rings. The van der Waals surface area contributed by atoms with Crippen molar-refractivity contribution in [2.75, 3.05) is 18.1 Å². The van der Waals surface area contributed by atoms with Crippen molar-refractivity contribution in [1.29, 1.82) is 0 Å². The van der Waals surface area contributed by atoms with E-state index in [1.807, 2.05) is 6.92 Å². The molecular weight excluding hydrogens is 386 g/mol. The molecule has 0 saturated heterocycles. The SMILES string of the molecule is CCSCCOC(=O)C1=C(C)NC2=C(C(=O)CC(C)(C)C2)C1c1ccc(O)cc1. The van der Waals surface area contributed by atoms with Gasteiger partial charge in [0.05, 0.1) is 5.57 Å². The summed E-state index contributed by atoms with van der Waals surface area (Å²) in [5, 5.41) is 13.0. The van der Waals surface area contributed by atoms with E-state index in [0.29, 0.717) is 24.2 Å². The van der Waals surface area contributed by atoms with Gasteiger partial charge in [0.2, 0.25) is 0 Å². The van der Waals surface area contributed by atoms with Gasteiger partial charge in [-0.15, -0.1) is 0 Å². The highest BCUT2D eigenvalue weighted by Gasteiger charge is 2.43. The van der Waals surface area contributed by atoms with Crippen LogP contribution in [0.5, 0.6) is 5.75 Å². The molecular formula is C23H29NO4S. The Morgan fingerprint density at radius 1 is 1.28 bits per heavy atom. The van der Waals surface area contributed by atoms with E-state index in [4.69, 9.17) is 4.74 Å². The van der Waals surface area contributed by atoms with Crippen molar-refractivity contribution in [1.82, 2.24) is 5.32 Å². The molecule has 0 bridgehead atoms. The second kappa shape index (κ2) is 8.66. The number of Topliss-reactive ketones (excluding diaryl/α,β-unsaturated/α-hetero) is 1. The molecule has 1 aromatic rings.